The standard InChI is InChI=1S/C17H17F2N3OS/c1-11-9-12(2)22(21-11)8-7-16-20-15(10-24-16)13-3-5-14(6-4-13)23-17(18)19/h3-6,9-10,17H,7-8H2,1-2H3. The van der Waals surface area contributed by atoms with E-state index < -0.39 is 6.61 Å². The molecule has 0 atom stereocenters. The van der Waals surface area contributed by atoms with E-state index in [1.165, 1.54) is 12.1 Å². The Hall–Kier alpha value is -2.28. The summed E-state index contributed by atoms with van der Waals surface area (Å²) in [6.45, 7) is 1.99. The highest BCUT2D eigenvalue weighted by molar-refractivity contribution is 7.09. The number of halogens is 2. The van der Waals surface area contributed by atoms with Crippen LogP contribution >= 0.6 is 11.3 Å². The van der Waals surface area contributed by atoms with Crippen LogP contribution in [-0.2, 0) is 13.0 Å². The van der Waals surface area contributed by atoms with Crippen LogP contribution in [-0.4, -0.2) is 21.4 Å². The van der Waals surface area contributed by atoms with Gasteiger partial charge < -0.3 is 4.74 Å². The average molecular weight is 349 g/mol. The molecule has 0 spiro atoms. The Labute approximate surface area is 142 Å². The topological polar surface area (TPSA) is 39.9 Å². The molecule has 0 aliphatic rings. The van der Waals surface area contributed by atoms with Crippen LogP contribution < -0.4 is 4.74 Å². The summed E-state index contributed by atoms with van der Waals surface area (Å²) in [4.78, 5) is 4.61. The minimum Gasteiger partial charge on any atom is -0.435 e. The number of hydrogen-bond donors (Lipinski definition) is 0. The summed E-state index contributed by atoms with van der Waals surface area (Å²) in [6, 6.07) is 8.57. The number of benzene rings is 1. The summed E-state index contributed by atoms with van der Waals surface area (Å²) in [5, 5.41) is 7.43. The molecule has 0 unspecified atom stereocenters. The molecular formula is C17H17F2N3OS. The van der Waals surface area contributed by atoms with Gasteiger partial charge in [-0.15, -0.1) is 11.3 Å². The lowest BCUT2D eigenvalue weighted by molar-refractivity contribution is -0.0498. The summed E-state index contributed by atoms with van der Waals surface area (Å²) in [6.07, 6.45) is 0.805. The number of thiazole rings is 1. The minimum atomic E-state index is -2.81. The zero-order valence-electron chi connectivity index (χ0n) is 13.4. The molecule has 0 fully saturated rings. The Morgan fingerprint density at radius 2 is 1.96 bits per heavy atom. The van der Waals surface area contributed by atoms with Crippen molar-refractivity contribution < 1.29 is 13.5 Å². The van der Waals surface area contributed by atoms with Crippen LogP contribution in [0.15, 0.2) is 35.7 Å². The van der Waals surface area contributed by atoms with Crippen molar-refractivity contribution in [2.75, 3.05) is 0 Å². The summed E-state index contributed by atoms with van der Waals surface area (Å²) in [5.74, 6) is 0.147. The Morgan fingerprint density at radius 1 is 1.21 bits per heavy atom. The first kappa shape index (κ1) is 16.6. The van der Waals surface area contributed by atoms with Gasteiger partial charge >= 0.3 is 6.61 Å². The van der Waals surface area contributed by atoms with Gasteiger partial charge in [0.15, 0.2) is 0 Å². The van der Waals surface area contributed by atoms with Crippen LogP contribution in [0.1, 0.15) is 16.4 Å². The van der Waals surface area contributed by atoms with Crippen molar-refractivity contribution in [3.8, 4) is 17.0 Å². The van der Waals surface area contributed by atoms with Gasteiger partial charge in [-0.2, -0.15) is 13.9 Å². The molecule has 0 bridgehead atoms. The Morgan fingerprint density at radius 3 is 2.58 bits per heavy atom. The molecule has 1 aromatic carbocycles. The molecule has 2 aromatic heterocycles. The number of rotatable bonds is 6. The second-order valence-electron chi connectivity index (χ2n) is 5.43. The van der Waals surface area contributed by atoms with E-state index >= 15 is 0 Å². The lowest BCUT2D eigenvalue weighted by Crippen LogP contribution is -2.05. The van der Waals surface area contributed by atoms with E-state index in [0.717, 1.165) is 40.6 Å². The van der Waals surface area contributed by atoms with Crippen molar-refractivity contribution in [1.29, 1.82) is 0 Å². The predicted molar refractivity (Wildman–Crippen MR) is 89.6 cm³/mol. The van der Waals surface area contributed by atoms with Crippen molar-refractivity contribution in [2.45, 2.75) is 33.4 Å². The highest BCUT2D eigenvalue weighted by Gasteiger charge is 2.08. The molecule has 4 nitrogen and oxygen atoms in total. The maximum atomic E-state index is 12.2. The fourth-order valence-corrected chi connectivity index (χ4v) is 3.26. The number of hydrogen-bond acceptors (Lipinski definition) is 4. The quantitative estimate of drug-likeness (QED) is 0.659. The van der Waals surface area contributed by atoms with E-state index in [1.54, 1.807) is 23.5 Å². The van der Waals surface area contributed by atoms with Crippen molar-refractivity contribution in [3.05, 3.63) is 52.1 Å². The van der Waals surface area contributed by atoms with E-state index in [4.69, 9.17) is 0 Å². The van der Waals surface area contributed by atoms with Crippen molar-refractivity contribution >= 4 is 11.3 Å². The van der Waals surface area contributed by atoms with Crippen LogP contribution in [0.3, 0.4) is 0 Å². The molecule has 0 N–H and O–H groups in total. The predicted octanol–water partition coefficient (Wildman–Crippen LogP) is 4.47. The van der Waals surface area contributed by atoms with Gasteiger partial charge in [-0.05, 0) is 44.2 Å². The molecule has 0 saturated heterocycles. The van der Waals surface area contributed by atoms with Crippen LogP contribution in [0.25, 0.3) is 11.3 Å². The molecule has 2 heterocycles. The zero-order valence-corrected chi connectivity index (χ0v) is 14.2. The van der Waals surface area contributed by atoms with Gasteiger partial charge in [-0.3, -0.25) is 4.68 Å². The summed E-state index contributed by atoms with van der Waals surface area (Å²) >= 11 is 1.59. The third kappa shape index (κ3) is 3.97. The molecule has 0 saturated carbocycles. The van der Waals surface area contributed by atoms with E-state index in [1.807, 2.05) is 23.9 Å². The van der Waals surface area contributed by atoms with Crippen LogP contribution in [0, 0.1) is 13.8 Å². The van der Waals surface area contributed by atoms with E-state index in [0.29, 0.717) is 0 Å². The normalized spacial score (nSPS) is 11.2. The second-order valence-corrected chi connectivity index (χ2v) is 6.37. The van der Waals surface area contributed by atoms with Crippen molar-refractivity contribution in [1.82, 2.24) is 14.8 Å². The van der Waals surface area contributed by atoms with Crippen molar-refractivity contribution in [3.63, 3.8) is 0 Å². The van der Waals surface area contributed by atoms with Crippen molar-refractivity contribution in [2.24, 2.45) is 0 Å². The second kappa shape index (κ2) is 7.09. The van der Waals surface area contributed by atoms with Gasteiger partial charge in [0.05, 0.1) is 16.4 Å². The van der Waals surface area contributed by atoms with Crippen LogP contribution in [0.5, 0.6) is 5.75 Å². The number of aromatic nitrogens is 3. The highest BCUT2D eigenvalue weighted by atomic mass is 32.1. The lowest BCUT2D eigenvalue weighted by Gasteiger charge is -2.04. The van der Waals surface area contributed by atoms with Crippen LogP contribution in [0.2, 0.25) is 0 Å². The van der Waals surface area contributed by atoms with Gasteiger partial charge in [0.2, 0.25) is 0 Å². The molecule has 0 amide bonds. The summed E-state index contributed by atoms with van der Waals surface area (Å²) in [5.41, 5.74) is 3.87. The number of nitrogens with zero attached hydrogens (tertiary/aromatic N) is 3. The fourth-order valence-electron chi connectivity index (χ4n) is 2.47. The molecule has 3 rings (SSSR count). The summed E-state index contributed by atoms with van der Waals surface area (Å²) < 4.78 is 30.7. The molecule has 126 valence electrons. The first-order valence-corrected chi connectivity index (χ1v) is 8.40. The van der Waals surface area contributed by atoms with E-state index in [9.17, 15) is 8.78 Å². The average Bonchev–Trinajstić information content (AvgIpc) is 3.12. The van der Waals surface area contributed by atoms with Gasteiger partial charge in [0.1, 0.15) is 5.75 Å². The van der Waals surface area contributed by atoms with Gasteiger partial charge in [-0.25, -0.2) is 4.98 Å². The molecule has 24 heavy (non-hydrogen) atoms. The molecule has 3 aromatic rings. The van der Waals surface area contributed by atoms with Gasteiger partial charge in [0.25, 0.3) is 0 Å². The highest BCUT2D eigenvalue weighted by Crippen LogP contribution is 2.25. The van der Waals surface area contributed by atoms with E-state index in [-0.39, 0.29) is 5.75 Å². The third-order valence-electron chi connectivity index (χ3n) is 3.57. The Kier molecular flexibility index (Phi) is 4.89. The van der Waals surface area contributed by atoms with E-state index in [2.05, 4.69) is 20.9 Å². The minimum absolute atomic E-state index is 0.147. The number of aryl methyl sites for hydroxylation is 4. The maximum Gasteiger partial charge on any atom is 0.387 e. The maximum absolute atomic E-state index is 12.2. The zero-order chi connectivity index (χ0) is 17.1. The fraction of sp³-hybridized carbons (Fsp3) is 0.294. The largest absolute Gasteiger partial charge is 0.435 e. The molecule has 0 radical (unpaired) electrons. The van der Waals surface area contributed by atoms with Gasteiger partial charge in [-0.1, -0.05) is 0 Å². The number of alkyl halides is 2. The third-order valence-corrected chi connectivity index (χ3v) is 4.48. The van der Waals surface area contributed by atoms with Gasteiger partial charge in [0, 0.05) is 29.6 Å². The lowest BCUT2D eigenvalue weighted by atomic mass is 10.2. The smallest absolute Gasteiger partial charge is 0.387 e. The Bertz CT molecular complexity index is 812. The SMILES string of the molecule is Cc1cc(C)n(CCc2nc(-c3ccc(OC(F)F)cc3)cs2)n1. The molecule has 7 heteroatoms. The summed E-state index contributed by atoms with van der Waals surface area (Å²) in [7, 11) is 0. The first-order valence-electron chi connectivity index (χ1n) is 7.52. The monoisotopic (exact) mass is 349 g/mol. The number of ether oxygens (including phenoxy) is 1. The molecular weight excluding hydrogens is 332 g/mol. The first-order chi connectivity index (χ1) is 11.5. The molecule has 0 aliphatic carbocycles. The van der Waals surface area contributed by atoms with Crippen LogP contribution in [0.4, 0.5) is 8.78 Å². The Balaban J connectivity index is 1.65. The molecule has 0 aliphatic heterocycles.